The number of ketones is 1. The van der Waals surface area contributed by atoms with Crippen LogP contribution in [0.1, 0.15) is 77.6 Å². The molecule has 1 atom stereocenters. The fraction of sp³-hybridized carbons (Fsp3) is 0.667. The van der Waals surface area contributed by atoms with Crippen molar-refractivity contribution >= 4 is 29.1 Å². The summed E-state index contributed by atoms with van der Waals surface area (Å²) in [5.41, 5.74) is 0.853. The number of piperidine rings is 1. The maximum atomic E-state index is 12.7. The standard InChI is InChI=1S/C24H36ClN5OS/c1-2-3-4-5-6-7-8-9-10-14-18-29-19-17-22(31)24(25,20-29)32-23-26-27-28-30(23)21-15-12-11-13-16-21/h11-13,15-16H,2-10,14,17-20H2,1H3. The number of aromatic nitrogens is 4. The number of hydrogen-bond donors (Lipinski definition) is 0. The van der Waals surface area contributed by atoms with Crippen molar-refractivity contribution in [3.63, 3.8) is 0 Å². The summed E-state index contributed by atoms with van der Waals surface area (Å²) in [4.78, 5) is 15.0. The zero-order chi connectivity index (χ0) is 22.7. The Bertz CT molecular complexity index is 818. The van der Waals surface area contributed by atoms with Crippen molar-refractivity contribution < 1.29 is 4.79 Å². The molecule has 0 spiro atoms. The summed E-state index contributed by atoms with van der Waals surface area (Å²) in [5, 5.41) is 12.6. The van der Waals surface area contributed by atoms with Crippen LogP contribution in [0.5, 0.6) is 0 Å². The first-order valence-electron chi connectivity index (χ1n) is 12.1. The predicted octanol–water partition coefficient (Wildman–Crippen LogP) is 5.89. The second-order valence-corrected chi connectivity index (χ2v) is 10.8. The second-order valence-electron chi connectivity index (χ2n) is 8.67. The fourth-order valence-corrected chi connectivity index (χ4v) is 5.65. The summed E-state index contributed by atoms with van der Waals surface area (Å²) in [6.45, 7) is 4.56. The molecule has 0 aliphatic carbocycles. The zero-order valence-corrected chi connectivity index (χ0v) is 20.8. The van der Waals surface area contributed by atoms with Crippen LogP contribution < -0.4 is 0 Å². The number of para-hydroxylation sites is 1. The molecule has 0 bridgehead atoms. The first-order chi connectivity index (χ1) is 15.6. The second kappa shape index (κ2) is 13.3. The van der Waals surface area contributed by atoms with E-state index in [2.05, 4.69) is 27.3 Å². The maximum Gasteiger partial charge on any atom is 0.216 e. The van der Waals surface area contributed by atoms with Crippen LogP contribution in [0.15, 0.2) is 35.5 Å². The Morgan fingerprint density at radius 1 is 1.00 bits per heavy atom. The number of carbonyl (C=O) groups excluding carboxylic acids is 1. The van der Waals surface area contributed by atoms with Crippen molar-refractivity contribution in [2.24, 2.45) is 0 Å². The van der Waals surface area contributed by atoms with Gasteiger partial charge in [0.25, 0.3) is 0 Å². The van der Waals surface area contributed by atoms with Crippen LogP contribution in [0.3, 0.4) is 0 Å². The molecular formula is C24H36ClN5OS. The van der Waals surface area contributed by atoms with Crippen LogP contribution in [0.4, 0.5) is 0 Å². The highest BCUT2D eigenvalue weighted by molar-refractivity contribution is 8.02. The van der Waals surface area contributed by atoms with Crippen LogP contribution in [-0.2, 0) is 4.79 Å². The minimum Gasteiger partial charge on any atom is -0.300 e. The van der Waals surface area contributed by atoms with E-state index in [0.29, 0.717) is 18.1 Å². The average Bonchev–Trinajstić information content (AvgIpc) is 3.26. The van der Waals surface area contributed by atoms with Crippen molar-refractivity contribution in [3.05, 3.63) is 30.3 Å². The van der Waals surface area contributed by atoms with Crippen molar-refractivity contribution in [2.45, 2.75) is 86.9 Å². The molecule has 0 radical (unpaired) electrons. The molecule has 0 saturated carbocycles. The largest absolute Gasteiger partial charge is 0.300 e. The lowest BCUT2D eigenvalue weighted by Gasteiger charge is -2.36. The van der Waals surface area contributed by atoms with Crippen LogP contribution in [0.25, 0.3) is 5.69 Å². The highest BCUT2D eigenvalue weighted by Crippen LogP contribution is 2.40. The SMILES string of the molecule is CCCCCCCCCCCCN1CCC(=O)C(Cl)(Sc2nnnn2-c2ccccc2)C1. The number of hydrogen-bond acceptors (Lipinski definition) is 6. The number of tetrazole rings is 1. The molecule has 1 aromatic carbocycles. The Balaban J connectivity index is 1.42. The number of alkyl halides is 1. The van der Waals surface area contributed by atoms with Gasteiger partial charge in [-0.25, -0.2) is 0 Å². The van der Waals surface area contributed by atoms with Crippen molar-refractivity contribution in [1.82, 2.24) is 25.1 Å². The Morgan fingerprint density at radius 2 is 1.66 bits per heavy atom. The number of benzene rings is 1. The van der Waals surface area contributed by atoms with E-state index in [1.807, 2.05) is 30.3 Å². The van der Waals surface area contributed by atoms with Crippen molar-refractivity contribution in [3.8, 4) is 5.69 Å². The van der Waals surface area contributed by atoms with Crippen molar-refractivity contribution in [1.29, 1.82) is 0 Å². The molecule has 0 amide bonds. The molecular weight excluding hydrogens is 442 g/mol. The molecule has 176 valence electrons. The van der Waals surface area contributed by atoms with Gasteiger partial charge in [0.1, 0.15) is 0 Å². The first kappa shape index (κ1) is 25.2. The number of rotatable bonds is 14. The highest BCUT2D eigenvalue weighted by atomic mass is 35.5. The monoisotopic (exact) mass is 477 g/mol. The lowest BCUT2D eigenvalue weighted by Crippen LogP contribution is -2.49. The van der Waals surface area contributed by atoms with Gasteiger partial charge < -0.3 is 0 Å². The normalized spacial score (nSPS) is 19.5. The first-order valence-corrected chi connectivity index (χ1v) is 13.3. The number of Topliss-reactive ketones (excluding diaryl/α,β-unsaturated/α-hetero) is 1. The van der Waals surface area contributed by atoms with Gasteiger partial charge in [-0.05, 0) is 35.5 Å². The van der Waals surface area contributed by atoms with E-state index in [0.717, 1.165) is 25.2 Å². The van der Waals surface area contributed by atoms with Gasteiger partial charge in [-0.15, -0.1) is 5.10 Å². The molecule has 1 aromatic heterocycles. The quantitative estimate of drug-likeness (QED) is 0.250. The third-order valence-electron chi connectivity index (χ3n) is 6.02. The maximum absolute atomic E-state index is 12.7. The van der Waals surface area contributed by atoms with Gasteiger partial charge in [-0.3, -0.25) is 9.69 Å². The molecule has 1 unspecified atom stereocenters. The number of halogens is 1. The number of nitrogens with zero attached hydrogens (tertiary/aromatic N) is 5. The molecule has 3 rings (SSSR count). The average molecular weight is 478 g/mol. The predicted molar refractivity (Wildman–Crippen MR) is 132 cm³/mol. The van der Waals surface area contributed by atoms with Gasteiger partial charge in [-0.1, -0.05) is 106 Å². The molecule has 1 aliphatic heterocycles. The van der Waals surface area contributed by atoms with E-state index in [1.165, 1.54) is 69.5 Å². The summed E-state index contributed by atoms with van der Waals surface area (Å²) >= 11 is 8.13. The molecule has 6 nitrogen and oxygen atoms in total. The fourth-order valence-electron chi connectivity index (χ4n) is 4.12. The smallest absolute Gasteiger partial charge is 0.216 e. The number of likely N-dealkylation sites (tertiary alicyclic amines) is 1. The van der Waals surface area contributed by atoms with E-state index in [-0.39, 0.29) is 5.78 Å². The lowest BCUT2D eigenvalue weighted by molar-refractivity contribution is -0.122. The topological polar surface area (TPSA) is 63.9 Å². The highest BCUT2D eigenvalue weighted by Gasteiger charge is 2.43. The summed E-state index contributed by atoms with van der Waals surface area (Å²) in [6, 6.07) is 9.67. The molecule has 1 saturated heterocycles. The van der Waals surface area contributed by atoms with E-state index in [1.54, 1.807) is 4.68 Å². The molecule has 32 heavy (non-hydrogen) atoms. The minimum absolute atomic E-state index is 0.0612. The van der Waals surface area contributed by atoms with Gasteiger partial charge in [0.05, 0.1) is 5.69 Å². The lowest BCUT2D eigenvalue weighted by atomic mass is 10.1. The summed E-state index contributed by atoms with van der Waals surface area (Å²) in [6.07, 6.45) is 13.7. The summed E-state index contributed by atoms with van der Waals surface area (Å²) in [7, 11) is 0. The van der Waals surface area contributed by atoms with Crippen LogP contribution >= 0.6 is 23.4 Å². The zero-order valence-electron chi connectivity index (χ0n) is 19.2. The number of unbranched alkanes of at least 4 members (excludes halogenated alkanes) is 9. The van der Waals surface area contributed by atoms with Crippen molar-refractivity contribution in [2.75, 3.05) is 19.6 Å². The molecule has 1 fully saturated rings. The number of carbonyl (C=O) groups is 1. The molecule has 2 aromatic rings. The van der Waals surface area contributed by atoms with Crippen LogP contribution in [0.2, 0.25) is 0 Å². The Morgan fingerprint density at radius 3 is 2.34 bits per heavy atom. The Kier molecular flexibility index (Phi) is 10.5. The van der Waals surface area contributed by atoms with E-state index >= 15 is 0 Å². The van der Waals surface area contributed by atoms with Gasteiger partial charge >= 0.3 is 0 Å². The van der Waals surface area contributed by atoms with Gasteiger partial charge in [-0.2, -0.15) is 4.68 Å². The van der Waals surface area contributed by atoms with E-state index in [9.17, 15) is 4.79 Å². The molecule has 0 N–H and O–H groups in total. The van der Waals surface area contributed by atoms with E-state index < -0.39 is 4.21 Å². The summed E-state index contributed by atoms with van der Waals surface area (Å²) in [5.74, 6) is 0.0612. The third-order valence-corrected chi connectivity index (χ3v) is 7.70. The third kappa shape index (κ3) is 7.56. The van der Waals surface area contributed by atoms with E-state index in [4.69, 9.17) is 11.6 Å². The number of thioether (sulfide) groups is 1. The Labute approximate surface area is 201 Å². The van der Waals surface area contributed by atoms with Gasteiger partial charge in [0.15, 0.2) is 9.99 Å². The molecule has 8 heteroatoms. The molecule has 1 aliphatic rings. The Hall–Kier alpha value is -1.44. The van der Waals surface area contributed by atoms with Gasteiger partial charge in [0.2, 0.25) is 5.16 Å². The minimum atomic E-state index is -1.04. The molecule has 2 heterocycles. The summed E-state index contributed by atoms with van der Waals surface area (Å²) < 4.78 is 0.598. The van der Waals surface area contributed by atoms with Gasteiger partial charge in [0, 0.05) is 19.5 Å². The van der Waals surface area contributed by atoms with Crippen LogP contribution in [-0.4, -0.2) is 54.7 Å². The van der Waals surface area contributed by atoms with Crippen LogP contribution in [0, 0.1) is 0 Å².